The van der Waals surface area contributed by atoms with E-state index in [1.165, 1.54) is 14.0 Å². The standard InChI is InChI=1S/C16H30N3O3P.CH4O/c1-12(2)19(13(3)4)23(21-9-7-8-17)22-16-10-14(5)18(11-16)15(6)20;1-2/h12-14,16H,7,9-11H2,1-6H3;2H,1H3/t14-,16-,23?;/m1./s1/i5D;2T. The van der Waals surface area contributed by atoms with Crippen molar-refractivity contribution in [2.75, 3.05) is 20.3 Å². The smallest absolute Gasteiger partial charge is 0.259 e. The van der Waals surface area contributed by atoms with Gasteiger partial charge in [0.1, 0.15) is 0 Å². The Kier molecular flexibility index (Phi) is 10.3. The number of likely N-dealkylation sites (tertiary alicyclic amines) is 1. The minimum Gasteiger partial charge on any atom is -0.400 e. The fourth-order valence-corrected chi connectivity index (χ4v) is 4.47. The second-order valence-electron chi connectivity index (χ2n) is 6.34. The quantitative estimate of drug-likeness (QED) is 0.516. The number of nitriles is 1. The first-order valence-corrected chi connectivity index (χ1v) is 9.67. The van der Waals surface area contributed by atoms with E-state index in [9.17, 15) is 4.79 Å². The topological polar surface area (TPSA) is 86.0 Å². The molecule has 1 rings (SSSR count). The highest BCUT2D eigenvalue weighted by atomic mass is 31.2. The van der Waals surface area contributed by atoms with E-state index in [-0.39, 0.29) is 37.0 Å². The maximum absolute atomic E-state index is 11.7. The first-order chi connectivity index (χ1) is 12.7. The molecule has 25 heavy (non-hydrogen) atoms. The van der Waals surface area contributed by atoms with E-state index in [0.717, 1.165) is 0 Å². The van der Waals surface area contributed by atoms with Gasteiger partial charge < -0.3 is 19.1 Å². The van der Waals surface area contributed by atoms with E-state index in [0.29, 0.717) is 26.0 Å². The molecule has 1 amide bonds. The number of aliphatic hydroxyl groups excluding tert-OH is 1. The predicted molar refractivity (Wildman–Crippen MR) is 99.7 cm³/mol. The van der Waals surface area contributed by atoms with Crippen LogP contribution in [0.1, 0.15) is 55.7 Å². The van der Waals surface area contributed by atoms with Crippen LogP contribution in [0.15, 0.2) is 0 Å². The summed E-state index contributed by atoms with van der Waals surface area (Å²) in [6.07, 6.45) is 0.858. The average molecular weight is 378 g/mol. The Morgan fingerprint density at radius 1 is 1.56 bits per heavy atom. The summed E-state index contributed by atoms with van der Waals surface area (Å²) < 4.78 is 27.6. The van der Waals surface area contributed by atoms with Crippen molar-refractivity contribution in [1.29, 1.82) is 6.69 Å². The van der Waals surface area contributed by atoms with E-state index in [2.05, 4.69) is 43.5 Å². The zero-order chi connectivity index (χ0) is 21.0. The van der Waals surface area contributed by atoms with Gasteiger partial charge in [0, 0.05) is 40.1 Å². The largest absolute Gasteiger partial charge is 0.400 e. The maximum atomic E-state index is 11.7. The summed E-state index contributed by atoms with van der Waals surface area (Å²) >= 11 is 0. The molecule has 3 atom stereocenters. The van der Waals surface area contributed by atoms with E-state index in [1.807, 2.05) is 0 Å². The van der Waals surface area contributed by atoms with Crippen LogP contribution in [0.3, 0.4) is 0 Å². The molecule has 1 unspecified atom stereocenters. The van der Waals surface area contributed by atoms with Crippen LogP contribution in [-0.4, -0.2) is 66.5 Å². The predicted octanol–water partition coefficient (Wildman–Crippen LogP) is 2.90. The summed E-state index contributed by atoms with van der Waals surface area (Å²) in [6.45, 7) is 10.9. The Labute approximate surface area is 156 Å². The fourth-order valence-electron chi connectivity index (χ4n) is 2.76. The van der Waals surface area contributed by atoms with Crippen molar-refractivity contribution in [3.05, 3.63) is 0 Å². The minimum atomic E-state index is -1.30. The number of rotatable bonds is 8. The van der Waals surface area contributed by atoms with Crippen LogP contribution in [0.4, 0.5) is 0 Å². The van der Waals surface area contributed by atoms with Crippen LogP contribution in [0.2, 0.25) is 0 Å². The zero-order valence-electron chi connectivity index (χ0n) is 18.3. The molecule has 0 aromatic heterocycles. The van der Waals surface area contributed by atoms with Gasteiger partial charge in [0.05, 0.1) is 25.2 Å². The van der Waals surface area contributed by atoms with Gasteiger partial charge in [-0.05, 0) is 41.0 Å². The Balaban J connectivity index is 0.00000210. The molecule has 0 bridgehead atoms. The van der Waals surface area contributed by atoms with Crippen LogP contribution < -0.4 is 0 Å². The molecule has 0 aromatic carbocycles. The number of carbonyl (C=O) groups excluding carboxylic acids is 1. The molecule has 7 nitrogen and oxygen atoms in total. The van der Waals surface area contributed by atoms with Crippen LogP contribution in [0.25, 0.3) is 0 Å². The molecule has 8 heteroatoms. The second kappa shape index (κ2) is 12.6. The monoisotopic (exact) mass is 378 g/mol. The van der Waals surface area contributed by atoms with Crippen LogP contribution in [-0.2, 0) is 13.8 Å². The number of aliphatic hydroxyl groups is 1. The van der Waals surface area contributed by atoms with Gasteiger partial charge >= 0.3 is 0 Å². The molecule has 0 saturated carbocycles. The molecule has 146 valence electrons. The summed E-state index contributed by atoms with van der Waals surface area (Å²) in [5, 5.41) is 12.2. The third kappa shape index (κ3) is 7.98. The molecule has 1 N–H and O–H groups in total. The number of nitrogens with zero attached hydrogens (tertiary/aromatic N) is 3. The highest BCUT2D eigenvalue weighted by molar-refractivity contribution is 7.44. The van der Waals surface area contributed by atoms with Gasteiger partial charge in [-0.2, -0.15) is 5.26 Å². The molecule has 0 radical (unpaired) electrons. The first-order valence-electron chi connectivity index (χ1n) is 9.65. The third-order valence-electron chi connectivity index (χ3n) is 3.68. The fraction of sp³-hybridized carbons (Fsp3) is 0.882. The molecular formula is C17H34N3O4P. The van der Waals surface area contributed by atoms with Crippen molar-refractivity contribution in [3.63, 3.8) is 0 Å². The molecule has 1 fully saturated rings. The van der Waals surface area contributed by atoms with Crippen LogP contribution in [0, 0.1) is 11.3 Å². The lowest BCUT2D eigenvalue weighted by atomic mass is 10.2. The molecule has 1 aliphatic heterocycles. The van der Waals surface area contributed by atoms with Crippen molar-refractivity contribution < 1.29 is 20.3 Å². The summed E-state index contributed by atoms with van der Waals surface area (Å²) in [4.78, 5) is 13.4. The Hall–Kier alpha value is -0.770. The van der Waals surface area contributed by atoms with Gasteiger partial charge in [-0.15, -0.1) is 0 Å². The molecule has 0 aromatic rings. The van der Waals surface area contributed by atoms with Crippen LogP contribution >= 0.6 is 8.53 Å². The van der Waals surface area contributed by atoms with Gasteiger partial charge in [-0.1, -0.05) is 0 Å². The molecule has 1 aliphatic rings. The Morgan fingerprint density at radius 3 is 2.56 bits per heavy atom. The number of hydrogen-bond acceptors (Lipinski definition) is 6. The molecule has 0 aliphatic carbocycles. The molecule has 1 heterocycles. The lowest BCUT2D eigenvalue weighted by molar-refractivity contribution is -0.129. The average Bonchev–Trinajstić information content (AvgIpc) is 2.98. The zero-order valence-corrected chi connectivity index (χ0v) is 17.2. The molecule has 1 saturated heterocycles. The van der Waals surface area contributed by atoms with E-state index >= 15 is 0 Å². The van der Waals surface area contributed by atoms with Gasteiger partial charge in [0.15, 0.2) is 0 Å². The van der Waals surface area contributed by atoms with Gasteiger partial charge in [0.2, 0.25) is 7.34 Å². The Morgan fingerprint density at radius 2 is 2.16 bits per heavy atom. The minimum absolute atomic E-state index is 0.0161. The van der Waals surface area contributed by atoms with Gasteiger partial charge in [0.25, 0.3) is 8.53 Å². The molecular weight excluding hydrogens is 341 g/mol. The highest BCUT2D eigenvalue weighted by Crippen LogP contribution is 2.48. The Bertz CT molecular complexity index is 458. The van der Waals surface area contributed by atoms with E-state index in [4.69, 9.17) is 17.1 Å². The lowest BCUT2D eigenvalue weighted by Gasteiger charge is -2.36. The normalized spacial score (nSPS) is 22.3. The molecule has 0 spiro atoms. The lowest BCUT2D eigenvalue weighted by Crippen LogP contribution is -2.35. The van der Waals surface area contributed by atoms with Crippen molar-refractivity contribution in [1.82, 2.24) is 9.57 Å². The van der Waals surface area contributed by atoms with Crippen molar-refractivity contribution >= 4 is 14.4 Å². The van der Waals surface area contributed by atoms with E-state index < -0.39 is 8.53 Å². The summed E-state index contributed by atoms with van der Waals surface area (Å²) in [6, 6.07) is 2.49. The van der Waals surface area contributed by atoms with Gasteiger partial charge in [-0.3, -0.25) is 4.79 Å². The number of hydrogen-bond donors (Lipinski definition) is 1. The summed E-state index contributed by atoms with van der Waals surface area (Å²) in [5.74, 6) is -0.0161. The summed E-state index contributed by atoms with van der Waals surface area (Å²) in [7, 11) is -0.0133. The van der Waals surface area contributed by atoms with E-state index in [1.54, 1.807) is 4.90 Å². The highest BCUT2D eigenvalue weighted by Gasteiger charge is 2.36. The SMILES string of the molecule is [2H]C[C@@H]1C[C@@H](OP(OCCC#N)N(C(C)C)C(C)C)CN1C(C)=O.[3H]OC. The van der Waals surface area contributed by atoms with Crippen molar-refractivity contribution in [2.24, 2.45) is 0 Å². The maximum Gasteiger partial charge on any atom is 0.259 e. The number of amides is 1. The number of carbonyl (C=O) groups is 1. The second-order valence-corrected chi connectivity index (χ2v) is 7.74. The van der Waals surface area contributed by atoms with Crippen LogP contribution in [0.5, 0.6) is 0 Å². The summed E-state index contributed by atoms with van der Waals surface area (Å²) in [5.41, 5.74) is 0. The first kappa shape index (κ1) is 20.5. The van der Waals surface area contributed by atoms with Gasteiger partial charge in [-0.25, -0.2) is 4.67 Å². The van der Waals surface area contributed by atoms with Crippen molar-refractivity contribution in [2.45, 2.75) is 78.6 Å². The third-order valence-corrected chi connectivity index (χ3v) is 5.86. The van der Waals surface area contributed by atoms with Crippen molar-refractivity contribution in [3.8, 4) is 6.07 Å².